The van der Waals surface area contributed by atoms with Crippen LogP contribution in [0.4, 0.5) is 16.0 Å². The van der Waals surface area contributed by atoms with Crippen LogP contribution in [0.5, 0.6) is 6.01 Å². The molecule has 1 saturated carbocycles. The summed E-state index contributed by atoms with van der Waals surface area (Å²) < 4.78 is 22.6. The van der Waals surface area contributed by atoms with Gasteiger partial charge in [0.05, 0.1) is 11.9 Å². The Kier molecular flexibility index (Phi) is 9.54. The minimum Gasteiger partial charge on any atom is -0.460 e. The monoisotopic (exact) mass is 592 g/mol. The van der Waals surface area contributed by atoms with Crippen LogP contribution >= 0.6 is 0 Å². The number of piperidine rings is 1. The second-order valence-electron chi connectivity index (χ2n) is 11.9. The second kappa shape index (κ2) is 13.5. The second-order valence-corrected chi connectivity index (χ2v) is 11.9. The lowest BCUT2D eigenvalue weighted by Gasteiger charge is -2.28. The van der Waals surface area contributed by atoms with Gasteiger partial charge in [0.2, 0.25) is 17.8 Å². The number of amides is 2. The molecule has 3 aromatic rings. The van der Waals surface area contributed by atoms with E-state index in [1.165, 1.54) is 12.1 Å². The van der Waals surface area contributed by atoms with Crippen LogP contribution in [0.15, 0.2) is 37.1 Å². The van der Waals surface area contributed by atoms with Gasteiger partial charge in [-0.05, 0) is 75.3 Å². The minimum atomic E-state index is -0.504. The molecule has 2 aliphatic rings. The van der Waals surface area contributed by atoms with Crippen molar-refractivity contribution in [3.05, 3.63) is 54.0 Å². The lowest BCUT2D eigenvalue weighted by atomic mass is 9.85. The van der Waals surface area contributed by atoms with Crippen LogP contribution in [0, 0.1) is 11.7 Å². The van der Waals surface area contributed by atoms with E-state index >= 15 is 0 Å². The van der Waals surface area contributed by atoms with E-state index in [0.29, 0.717) is 49.8 Å². The Morgan fingerprint density at radius 2 is 1.88 bits per heavy atom. The molecule has 0 spiro atoms. The van der Waals surface area contributed by atoms with Crippen molar-refractivity contribution in [2.24, 2.45) is 5.92 Å². The van der Waals surface area contributed by atoms with Crippen molar-refractivity contribution >= 4 is 29.1 Å². The van der Waals surface area contributed by atoms with Crippen LogP contribution in [0.3, 0.4) is 0 Å². The first-order valence-electron chi connectivity index (χ1n) is 15.1. The highest BCUT2D eigenvalue weighted by Gasteiger charge is 2.27. The first kappa shape index (κ1) is 30.4. The number of fused-ring (bicyclic) bond motifs is 1. The van der Waals surface area contributed by atoms with Crippen molar-refractivity contribution in [1.29, 1.82) is 0 Å². The molecule has 2 fully saturated rings. The number of carbonyl (C=O) groups is 2. The summed E-state index contributed by atoms with van der Waals surface area (Å²) in [4.78, 5) is 36.2. The van der Waals surface area contributed by atoms with Crippen molar-refractivity contribution in [3.8, 4) is 6.01 Å². The first-order chi connectivity index (χ1) is 20.7. The molecule has 3 heterocycles. The molecular weight excluding hydrogens is 551 g/mol. The summed E-state index contributed by atoms with van der Waals surface area (Å²) in [5.74, 6) is -0.502. The van der Waals surface area contributed by atoms with Crippen LogP contribution in [0.25, 0.3) is 5.65 Å². The lowest BCUT2D eigenvalue weighted by Crippen LogP contribution is -2.38. The van der Waals surface area contributed by atoms with Crippen LogP contribution in [0.1, 0.15) is 69.4 Å². The van der Waals surface area contributed by atoms with E-state index in [4.69, 9.17) is 9.72 Å². The Labute approximate surface area is 251 Å². The molecule has 1 aromatic carbocycles. The number of rotatable bonds is 10. The van der Waals surface area contributed by atoms with Gasteiger partial charge >= 0.3 is 6.01 Å². The Bertz CT molecular complexity index is 1460. The molecule has 11 nitrogen and oxygen atoms in total. The van der Waals surface area contributed by atoms with Gasteiger partial charge in [0, 0.05) is 37.2 Å². The fourth-order valence-corrected chi connectivity index (χ4v) is 5.66. The van der Waals surface area contributed by atoms with Crippen molar-refractivity contribution < 1.29 is 18.7 Å². The predicted molar refractivity (Wildman–Crippen MR) is 162 cm³/mol. The number of hydrogen-bond donors (Lipinski definition) is 3. The maximum Gasteiger partial charge on any atom is 0.322 e. The molecule has 43 heavy (non-hydrogen) atoms. The summed E-state index contributed by atoms with van der Waals surface area (Å²) in [7, 11) is 2.10. The molecule has 0 radical (unpaired) electrons. The zero-order chi connectivity index (χ0) is 30.5. The van der Waals surface area contributed by atoms with E-state index in [2.05, 4.69) is 58.4 Å². The average molecular weight is 593 g/mol. The van der Waals surface area contributed by atoms with Crippen molar-refractivity contribution in [1.82, 2.24) is 29.8 Å². The molecule has 3 N–H and O–H groups in total. The van der Waals surface area contributed by atoms with Crippen molar-refractivity contribution in [2.45, 2.75) is 77.0 Å². The van der Waals surface area contributed by atoms with Crippen molar-refractivity contribution in [3.63, 3.8) is 0 Å². The number of benzene rings is 1. The third-order valence-electron chi connectivity index (χ3n) is 8.30. The molecule has 2 amide bonds. The SMILES string of the molecule is C=CC(=O)N[C@H]1CC[C@@H](C(=O)Nc2cc(CNc3nc(OC4CCN(C)CC4)nc4c(C(C)C)cnn34)ccc2F)CC1. The van der Waals surface area contributed by atoms with Crippen LogP contribution < -0.4 is 20.7 Å². The third-order valence-corrected chi connectivity index (χ3v) is 8.30. The molecule has 1 aliphatic heterocycles. The number of hydrogen-bond acceptors (Lipinski definition) is 8. The number of ether oxygens (including phenoxy) is 1. The van der Waals surface area contributed by atoms with Gasteiger partial charge in [-0.2, -0.15) is 19.6 Å². The molecule has 2 aromatic heterocycles. The largest absolute Gasteiger partial charge is 0.460 e. The van der Waals surface area contributed by atoms with E-state index in [1.54, 1.807) is 22.8 Å². The van der Waals surface area contributed by atoms with Gasteiger partial charge in [0.25, 0.3) is 0 Å². The number of halogens is 1. The lowest BCUT2D eigenvalue weighted by molar-refractivity contribution is -0.121. The van der Waals surface area contributed by atoms with E-state index in [-0.39, 0.29) is 41.5 Å². The molecular formula is C31H41FN8O3. The normalized spacial score (nSPS) is 19.7. The molecule has 5 rings (SSSR count). The zero-order valence-corrected chi connectivity index (χ0v) is 25.1. The first-order valence-corrected chi connectivity index (χ1v) is 15.1. The van der Waals surface area contributed by atoms with Crippen LogP contribution in [-0.2, 0) is 16.1 Å². The van der Waals surface area contributed by atoms with Gasteiger partial charge in [-0.3, -0.25) is 9.59 Å². The summed E-state index contributed by atoms with van der Waals surface area (Å²) in [6.07, 6.45) is 7.50. The number of anilines is 2. The number of likely N-dealkylation sites (tertiary alicyclic amines) is 1. The highest BCUT2D eigenvalue weighted by molar-refractivity contribution is 5.93. The summed E-state index contributed by atoms with van der Waals surface area (Å²) in [5.41, 5.74) is 2.56. The quantitative estimate of drug-likeness (QED) is 0.298. The van der Waals surface area contributed by atoms with Gasteiger partial charge in [-0.1, -0.05) is 26.5 Å². The highest BCUT2D eigenvalue weighted by atomic mass is 19.1. The molecule has 1 aliphatic carbocycles. The average Bonchev–Trinajstić information content (AvgIpc) is 3.43. The Hall–Kier alpha value is -4.06. The van der Waals surface area contributed by atoms with Crippen LogP contribution in [0.2, 0.25) is 0 Å². The fraction of sp³-hybridized carbons (Fsp3) is 0.516. The van der Waals surface area contributed by atoms with E-state index in [9.17, 15) is 14.0 Å². The number of nitrogens with zero attached hydrogens (tertiary/aromatic N) is 5. The van der Waals surface area contributed by atoms with Crippen LogP contribution in [-0.4, -0.2) is 68.6 Å². The summed E-state index contributed by atoms with van der Waals surface area (Å²) in [6, 6.07) is 4.98. The van der Waals surface area contributed by atoms with E-state index in [1.807, 2.05) is 0 Å². The minimum absolute atomic E-state index is 0.0237. The number of carbonyl (C=O) groups excluding carboxylic acids is 2. The van der Waals surface area contributed by atoms with Gasteiger partial charge in [0.1, 0.15) is 11.9 Å². The number of nitrogens with one attached hydrogen (secondary N) is 3. The molecule has 1 saturated heterocycles. The van der Waals surface area contributed by atoms with Gasteiger partial charge in [-0.15, -0.1) is 0 Å². The maximum absolute atomic E-state index is 14.7. The molecule has 230 valence electrons. The molecule has 0 bridgehead atoms. The van der Waals surface area contributed by atoms with Gasteiger partial charge in [0.15, 0.2) is 5.65 Å². The topological polar surface area (TPSA) is 126 Å². The summed E-state index contributed by atoms with van der Waals surface area (Å²) in [5, 5.41) is 13.5. The number of aromatic nitrogens is 4. The molecule has 0 unspecified atom stereocenters. The van der Waals surface area contributed by atoms with Gasteiger partial charge < -0.3 is 25.6 Å². The Morgan fingerprint density at radius 3 is 2.58 bits per heavy atom. The highest BCUT2D eigenvalue weighted by Crippen LogP contribution is 2.28. The summed E-state index contributed by atoms with van der Waals surface area (Å²) in [6.45, 7) is 9.88. The zero-order valence-electron chi connectivity index (χ0n) is 25.1. The predicted octanol–water partition coefficient (Wildman–Crippen LogP) is 4.27. The Morgan fingerprint density at radius 1 is 1.14 bits per heavy atom. The van der Waals surface area contributed by atoms with Gasteiger partial charge in [-0.25, -0.2) is 4.39 Å². The molecule has 12 heteroatoms. The van der Waals surface area contributed by atoms with E-state index < -0.39 is 5.82 Å². The Balaban J connectivity index is 1.26. The standard InChI is InChI=1S/C31H41FN8O3/c1-5-27(41)35-22-9-7-21(8-10-22)29(42)36-26-16-20(6-11-25(26)32)17-33-30-38-31(43-23-12-14-39(4)15-13-23)37-28-24(19(2)3)18-34-40(28)30/h5-6,11,16,18-19,21-23H,1,7-10,12-15,17H2,2-4H3,(H,35,41)(H,36,42)(H,33,37,38)/t21-,22+. The fourth-order valence-electron chi connectivity index (χ4n) is 5.66. The van der Waals surface area contributed by atoms with E-state index in [0.717, 1.165) is 37.1 Å². The smallest absolute Gasteiger partial charge is 0.322 e. The third kappa shape index (κ3) is 7.48. The molecule has 0 atom stereocenters. The summed E-state index contributed by atoms with van der Waals surface area (Å²) >= 11 is 0. The maximum atomic E-state index is 14.7. The van der Waals surface area contributed by atoms with Crippen molar-refractivity contribution in [2.75, 3.05) is 30.8 Å².